The summed E-state index contributed by atoms with van der Waals surface area (Å²) in [4.78, 5) is 24.9. The summed E-state index contributed by atoms with van der Waals surface area (Å²) < 4.78 is 0. The average molecular weight is 395 g/mol. The van der Waals surface area contributed by atoms with Crippen LogP contribution in [0.25, 0.3) is 0 Å². The number of nitrogens with one attached hydrogen (secondary N) is 1. The van der Waals surface area contributed by atoms with E-state index in [4.69, 9.17) is 10.7 Å². The summed E-state index contributed by atoms with van der Waals surface area (Å²) in [7, 11) is 0. The van der Waals surface area contributed by atoms with Crippen molar-refractivity contribution in [3.63, 3.8) is 0 Å². The van der Waals surface area contributed by atoms with Crippen LogP contribution >= 0.6 is 0 Å². The van der Waals surface area contributed by atoms with Crippen molar-refractivity contribution in [1.82, 2.24) is 20.0 Å². The molecule has 0 aromatic heterocycles. The Morgan fingerprint density at radius 3 is 2.72 bits per heavy atom. The van der Waals surface area contributed by atoms with Crippen molar-refractivity contribution in [3.05, 3.63) is 41.1 Å². The SMILES string of the molecule is Nc1ccc(CN2CCC3=C(C2)C(=O)N(CC2CCNCC2)C2=NCCN23)cc1. The molecule has 0 aliphatic carbocycles. The normalized spacial score (nSPS) is 23.3. The predicted octanol–water partition coefficient (Wildman–Crippen LogP) is 1.24. The number of fused-ring (bicyclic) bond motifs is 2. The lowest BCUT2D eigenvalue weighted by Crippen LogP contribution is -2.55. The Bertz CT molecular complexity index is 839. The van der Waals surface area contributed by atoms with E-state index in [0.29, 0.717) is 12.5 Å². The molecule has 0 atom stereocenters. The van der Waals surface area contributed by atoms with Crippen LogP contribution < -0.4 is 11.1 Å². The highest BCUT2D eigenvalue weighted by molar-refractivity contribution is 6.09. The topological polar surface area (TPSA) is 77.2 Å². The van der Waals surface area contributed by atoms with Crippen LogP contribution in [-0.2, 0) is 11.3 Å². The number of amides is 1. The number of hydrogen-bond acceptors (Lipinski definition) is 6. The summed E-state index contributed by atoms with van der Waals surface area (Å²) in [5, 5.41) is 3.42. The van der Waals surface area contributed by atoms with Gasteiger partial charge in [-0.25, -0.2) is 0 Å². The molecule has 1 saturated heterocycles. The van der Waals surface area contributed by atoms with Crippen LogP contribution in [0.1, 0.15) is 24.8 Å². The van der Waals surface area contributed by atoms with E-state index in [0.717, 1.165) is 82.3 Å². The van der Waals surface area contributed by atoms with Crippen LogP contribution in [-0.4, -0.2) is 72.4 Å². The summed E-state index contributed by atoms with van der Waals surface area (Å²) in [5.74, 6) is 1.64. The van der Waals surface area contributed by atoms with Crippen molar-refractivity contribution in [3.8, 4) is 0 Å². The fraction of sp³-hybridized carbons (Fsp3) is 0.545. The van der Waals surface area contributed by atoms with Crippen molar-refractivity contribution >= 4 is 17.6 Å². The third-order valence-corrected chi connectivity index (χ3v) is 6.57. The molecule has 4 heterocycles. The molecule has 29 heavy (non-hydrogen) atoms. The highest BCUT2D eigenvalue weighted by Gasteiger charge is 2.41. The quantitative estimate of drug-likeness (QED) is 0.752. The molecule has 1 aromatic carbocycles. The first kappa shape index (κ1) is 18.6. The summed E-state index contributed by atoms with van der Waals surface area (Å²) in [6, 6.07) is 8.06. The molecular formula is C22H30N6O. The second-order valence-electron chi connectivity index (χ2n) is 8.57. The van der Waals surface area contributed by atoms with Crippen molar-refractivity contribution in [2.24, 2.45) is 10.9 Å². The molecule has 1 aromatic rings. The van der Waals surface area contributed by atoms with E-state index in [1.807, 2.05) is 17.0 Å². The summed E-state index contributed by atoms with van der Waals surface area (Å²) in [6.07, 6.45) is 3.18. The first-order valence-electron chi connectivity index (χ1n) is 10.8. The number of aliphatic imine (C=N–C) groups is 1. The molecule has 1 amide bonds. The van der Waals surface area contributed by atoms with Gasteiger partial charge in [-0.05, 0) is 49.5 Å². The Kier molecular flexibility index (Phi) is 5.01. The van der Waals surface area contributed by atoms with Gasteiger partial charge >= 0.3 is 0 Å². The van der Waals surface area contributed by atoms with Crippen LogP contribution in [0.2, 0.25) is 0 Å². The van der Waals surface area contributed by atoms with Gasteiger partial charge in [0.2, 0.25) is 5.96 Å². The van der Waals surface area contributed by atoms with Crippen molar-refractivity contribution < 1.29 is 4.79 Å². The Balaban J connectivity index is 1.35. The van der Waals surface area contributed by atoms with E-state index in [9.17, 15) is 4.79 Å². The van der Waals surface area contributed by atoms with E-state index >= 15 is 0 Å². The fourth-order valence-corrected chi connectivity index (χ4v) is 4.98. The molecule has 7 nitrogen and oxygen atoms in total. The van der Waals surface area contributed by atoms with Gasteiger partial charge in [-0.1, -0.05) is 12.1 Å². The molecule has 0 saturated carbocycles. The zero-order valence-electron chi connectivity index (χ0n) is 16.9. The van der Waals surface area contributed by atoms with E-state index in [2.05, 4.69) is 27.2 Å². The minimum absolute atomic E-state index is 0.178. The Hall–Kier alpha value is -2.38. The van der Waals surface area contributed by atoms with Crippen LogP contribution in [0.5, 0.6) is 0 Å². The molecule has 4 aliphatic heterocycles. The molecule has 5 rings (SSSR count). The van der Waals surface area contributed by atoms with Crippen molar-refractivity contribution in [1.29, 1.82) is 0 Å². The number of nitrogens with two attached hydrogens (primary N) is 1. The number of benzene rings is 1. The number of guanidine groups is 1. The predicted molar refractivity (Wildman–Crippen MR) is 114 cm³/mol. The van der Waals surface area contributed by atoms with Crippen LogP contribution in [0.15, 0.2) is 40.5 Å². The lowest BCUT2D eigenvalue weighted by Gasteiger charge is -2.43. The highest BCUT2D eigenvalue weighted by atomic mass is 16.2. The van der Waals surface area contributed by atoms with Gasteiger partial charge in [0.05, 0.1) is 12.1 Å². The molecule has 1 fully saturated rings. The minimum Gasteiger partial charge on any atom is -0.399 e. The van der Waals surface area contributed by atoms with Gasteiger partial charge < -0.3 is 16.0 Å². The van der Waals surface area contributed by atoms with Gasteiger partial charge in [0.25, 0.3) is 5.91 Å². The van der Waals surface area contributed by atoms with E-state index in [1.54, 1.807) is 0 Å². The summed E-state index contributed by atoms with van der Waals surface area (Å²) >= 11 is 0. The Labute approximate surface area is 172 Å². The smallest absolute Gasteiger partial charge is 0.259 e. The number of nitrogen functional groups attached to an aromatic ring is 1. The van der Waals surface area contributed by atoms with Gasteiger partial charge in [-0.3, -0.25) is 19.6 Å². The van der Waals surface area contributed by atoms with Gasteiger partial charge in [-0.15, -0.1) is 0 Å². The monoisotopic (exact) mass is 394 g/mol. The van der Waals surface area contributed by atoms with Crippen LogP contribution in [0.3, 0.4) is 0 Å². The van der Waals surface area contributed by atoms with E-state index in [1.165, 1.54) is 11.3 Å². The van der Waals surface area contributed by atoms with Crippen LogP contribution in [0.4, 0.5) is 5.69 Å². The molecule has 0 bridgehead atoms. The molecular weight excluding hydrogens is 364 g/mol. The number of nitrogens with zero attached hydrogens (tertiary/aromatic N) is 4. The lowest BCUT2D eigenvalue weighted by atomic mass is 9.95. The number of carbonyl (C=O) groups excluding carboxylic acids is 1. The maximum atomic E-state index is 13.5. The maximum absolute atomic E-state index is 13.5. The minimum atomic E-state index is 0.178. The maximum Gasteiger partial charge on any atom is 0.259 e. The molecule has 0 unspecified atom stereocenters. The third kappa shape index (κ3) is 3.65. The zero-order chi connectivity index (χ0) is 19.8. The highest BCUT2D eigenvalue weighted by Crippen LogP contribution is 2.32. The van der Waals surface area contributed by atoms with Gasteiger partial charge in [-0.2, -0.15) is 0 Å². The van der Waals surface area contributed by atoms with E-state index in [-0.39, 0.29) is 5.91 Å². The lowest BCUT2D eigenvalue weighted by molar-refractivity contribution is -0.125. The molecule has 4 aliphatic rings. The largest absolute Gasteiger partial charge is 0.399 e. The standard InChI is InChI=1S/C22H30N6O/c23-18-3-1-16(2-4-18)13-26-11-7-20-19(15-26)21(29)28(22-25-10-12-27(20)22)14-17-5-8-24-9-6-17/h1-4,17,24H,5-15,23H2. The van der Waals surface area contributed by atoms with Crippen molar-refractivity contribution in [2.45, 2.75) is 25.8 Å². The summed E-state index contributed by atoms with van der Waals surface area (Å²) in [5.41, 5.74) is 10.0. The first-order chi connectivity index (χ1) is 14.2. The Morgan fingerprint density at radius 2 is 1.93 bits per heavy atom. The Morgan fingerprint density at radius 1 is 1.14 bits per heavy atom. The number of hydrogen-bond donors (Lipinski definition) is 2. The number of carbonyl (C=O) groups is 1. The second kappa shape index (κ2) is 7.80. The third-order valence-electron chi connectivity index (χ3n) is 6.57. The zero-order valence-corrected chi connectivity index (χ0v) is 16.9. The molecule has 0 spiro atoms. The van der Waals surface area contributed by atoms with Crippen molar-refractivity contribution in [2.75, 3.05) is 51.5 Å². The molecule has 0 radical (unpaired) electrons. The summed E-state index contributed by atoms with van der Waals surface area (Å²) in [6.45, 7) is 7.11. The van der Waals surface area contributed by atoms with Gasteiger partial charge in [0.15, 0.2) is 0 Å². The van der Waals surface area contributed by atoms with Crippen LogP contribution in [0, 0.1) is 5.92 Å². The average Bonchev–Trinajstić information content (AvgIpc) is 3.23. The number of piperidine rings is 1. The molecule has 3 N–H and O–H groups in total. The number of anilines is 1. The molecule has 7 heteroatoms. The molecule has 154 valence electrons. The number of rotatable bonds is 4. The fourth-order valence-electron chi connectivity index (χ4n) is 4.98. The van der Waals surface area contributed by atoms with Gasteiger partial charge in [0, 0.05) is 50.5 Å². The first-order valence-corrected chi connectivity index (χ1v) is 10.8. The van der Waals surface area contributed by atoms with Gasteiger partial charge in [0.1, 0.15) is 0 Å². The van der Waals surface area contributed by atoms with E-state index < -0.39 is 0 Å². The second-order valence-corrected chi connectivity index (χ2v) is 8.57.